The average molecular weight is 278 g/mol. The Bertz CT molecular complexity index is 666. The number of carbonyl (C=O) groups excluding carboxylic acids is 1. The van der Waals surface area contributed by atoms with Gasteiger partial charge in [0.15, 0.2) is 5.76 Å². The fourth-order valence-electron chi connectivity index (χ4n) is 1.64. The van der Waals surface area contributed by atoms with Crippen LogP contribution in [0.25, 0.3) is 0 Å². The molecule has 1 aromatic heterocycles. The average Bonchev–Trinajstić information content (AvgIpc) is 2.87. The van der Waals surface area contributed by atoms with E-state index < -0.39 is 23.3 Å². The van der Waals surface area contributed by atoms with Crippen LogP contribution in [0.4, 0.5) is 10.1 Å². The van der Waals surface area contributed by atoms with Crippen molar-refractivity contribution in [2.75, 3.05) is 5.32 Å². The van der Waals surface area contributed by atoms with Gasteiger partial charge in [0.25, 0.3) is 5.91 Å². The van der Waals surface area contributed by atoms with Gasteiger partial charge in [-0.25, -0.2) is 9.18 Å². The standard InChI is InChI=1S/C13H11FN2O4/c14-8-2-1-3-9(11(8)13(18)19)16-12(17)10-5-4-7(6-15)20-10/h1-5H,6,15H2,(H,16,17)(H,18,19). The smallest absolute Gasteiger partial charge is 0.340 e. The maximum absolute atomic E-state index is 13.4. The molecule has 104 valence electrons. The number of carboxylic acid groups (broad SMARTS) is 1. The van der Waals surface area contributed by atoms with Gasteiger partial charge in [-0.1, -0.05) is 6.07 Å². The highest BCUT2D eigenvalue weighted by molar-refractivity contribution is 6.06. The third-order valence-electron chi connectivity index (χ3n) is 2.56. The second-order valence-electron chi connectivity index (χ2n) is 3.89. The molecule has 1 aromatic carbocycles. The monoisotopic (exact) mass is 278 g/mol. The molecule has 0 aliphatic rings. The molecule has 0 atom stereocenters. The number of carbonyl (C=O) groups is 2. The Morgan fingerprint density at radius 3 is 2.65 bits per heavy atom. The maximum Gasteiger partial charge on any atom is 0.340 e. The summed E-state index contributed by atoms with van der Waals surface area (Å²) in [6.45, 7) is 0.133. The first-order chi connectivity index (χ1) is 9.52. The summed E-state index contributed by atoms with van der Waals surface area (Å²) in [6.07, 6.45) is 0. The molecule has 4 N–H and O–H groups in total. The van der Waals surface area contributed by atoms with Crippen LogP contribution in [0.15, 0.2) is 34.7 Å². The van der Waals surface area contributed by atoms with Crippen LogP contribution in [-0.4, -0.2) is 17.0 Å². The second kappa shape index (κ2) is 5.54. The van der Waals surface area contributed by atoms with Crippen LogP contribution in [0.3, 0.4) is 0 Å². The molecule has 1 heterocycles. The van der Waals surface area contributed by atoms with E-state index in [-0.39, 0.29) is 18.0 Å². The molecule has 2 rings (SSSR count). The van der Waals surface area contributed by atoms with Crippen molar-refractivity contribution in [3.05, 3.63) is 53.2 Å². The summed E-state index contributed by atoms with van der Waals surface area (Å²) in [7, 11) is 0. The van der Waals surface area contributed by atoms with Gasteiger partial charge in [0.2, 0.25) is 0 Å². The predicted octanol–water partition coefficient (Wildman–Crippen LogP) is 1.83. The summed E-state index contributed by atoms with van der Waals surface area (Å²) in [5.41, 5.74) is 4.60. The topological polar surface area (TPSA) is 106 Å². The number of anilines is 1. The molecule has 0 aliphatic carbocycles. The zero-order valence-corrected chi connectivity index (χ0v) is 10.2. The number of rotatable bonds is 4. The number of hydrogen-bond donors (Lipinski definition) is 3. The van der Waals surface area contributed by atoms with Crippen molar-refractivity contribution in [2.45, 2.75) is 6.54 Å². The summed E-state index contributed by atoms with van der Waals surface area (Å²) in [5, 5.41) is 11.2. The zero-order chi connectivity index (χ0) is 14.7. The van der Waals surface area contributed by atoms with E-state index in [1.807, 2.05) is 0 Å². The molecule has 2 aromatic rings. The van der Waals surface area contributed by atoms with Gasteiger partial charge < -0.3 is 20.6 Å². The normalized spacial score (nSPS) is 10.3. The molecule has 0 spiro atoms. The van der Waals surface area contributed by atoms with Crippen molar-refractivity contribution in [3.8, 4) is 0 Å². The number of carboxylic acids is 1. The van der Waals surface area contributed by atoms with E-state index in [1.54, 1.807) is 0 Å². The summed E-state index contributed by atoms with van der Waals surface area (Å²) < 4.78 is 18.6. The third kappa shape index (κ3) is 2.67. The minimum absolute atomic E-state index is 0.0361. The van der Waals surface area contributed by atoms with Gasteiger partial charge in [-0.05, 0) is 24.3 Å². The van der Waals surface area contributed by atoms with Crippen molar-refractivity contribution in [1.29, 1.82) is 0 Å². The molecule has 0 radical (unpaired) electrons. The highest BCUT2D eigenvalue weighted by Gasteiger charge is 2.19. The molecule has 0 fully saturated rings. The van der Waals surface area contributed by atoms with Crippen LogP contribution < -0.4 is 11.1 Å². The van der Waals surface area contributed by atoms with E-state index in [4.69, 9.17) is 15.3 Å². The number of amides is 1. The molecule has 1 amide bonds. The zero-order valence-electron chi connectivity index (χ0n) is 10.2. The Kier molecular flexibility index (Phi) is 3.81. The Morgan fingerprint density at radius 1 is 1.30 bits per heavy atom. The van der Waals surface area contributed by atoms with Crippen molar-refractivity contribution in [2.24, 2.45) is 5.73 Å². The highest BCUT2D eigenvalue weighted by atomic mass is 19.1. The summed E-state index contributed by atoms with van der Waals surface area (Å²) in [5.74, 6) is -2.71. The maximum atomic E-state index is 13.4. The largest absolute Gasteiger partial charge is 0.478 e. The lowest BCUT2D eigenvalue weighted by Crippen LogP contribution is -2.15. The van der Waals surface area contributed by atoms with Crippen LogP contribution in [0, 0.1) is 5.82 Å². The Balaban J connectivity index is 2.28. The van der Waals surface area contributed by atoms with Crippen LogP contribution in [0.1, 0.15) is 26.7 Å². The number of nitrogens with one attached hydrogen (secondary N) is 1. The second-order valence-corrected chi connectivity index (χ2v) is 3.89. The van der Waals surface area contributed by atoms with Crippen molar-refractivity contribution in [3.63, 3.8) is 0 Å². The van der Waals surface area contributed by atoms with Gasteiger partial charge in [-0.3, -0.25) is 4.79 Å². The lowest BCUT2D eigenvalue weighted by atomic mass is 10.1. The molecule has 20 heavy (non-hydrogen) atoms. The van der Waals surface area contributed by atoms with Crippen molar-refractivity contribution in [1.82, 2.24) is 0 Å². The lowest BCUT2D eigenvalue weighted by molar-refractivity contribution is 0.0693. The van der Waals surface area contributed by atoms with E-state index >= 15 is 0 Å². The van der Waals surface area contributed by atoms with Crippen LogP contribution in [0.2, 0.25) is 0 Å². The van der Waals surface area contributed by atoms with E-state index in [0.717, 1.165) is 6.07 Å². The third-order valence-corrected chi connectivity index (χ3v) is 2.56. The van der Waals surface area contributed by atoms with Gasteiger partial charge in [0.05, 0.1) is 12.2 Å². The van der Waals surface area contributed by atoms with Gasteiger partial charge in [0, 0.05) is 0 Å². The number of furan rings is 1. The van der Waals surface area contributed by atoms with Gasteiger partial charge in [-0.2, -0.15) is 0 Å². The van der Waals surface area contributed by atoms with Crippen LogP contribution >= 0.6 is 0 Å². The molecular weight excluding hydrogens is 267 g/mol. The molecular formula is C13H11FN2O4. The quantitative estimate of drug-likeness (QED) is 0.791. The van der Waals surface area contributed by atoms with Crippen molar-refractivity contribution >= 4 is 17.6 Å². The number of hydrogen-bond acceptors (Lipinski definition) is 4. The summed E-state index contributed by atoms with van der Waals surface area (Å²) >= 11 is 0. The van der Waals surface area contributed by atoms with Crippen LogP contribution in [0.5, 0.6) is 0 Å². The predicted molar refractivity (Wildman–Crippen MR) is 67.9 cm³/mol. The van der Waals surface area contributed by atoms with E-state index in [0.29, 0.717) is 5.76 Å². The molecule has 6 nitrogen and oxygen atoms in total. The lowest BCUT2D eigenvalue weighted by Gasteiger charge is -2.07. The number of nitrogens with two attached hydrogens (primary N) is 1. The SMILES string of the molecule is NCc1ccc(C(=O)Nc2cccc(F)c2C(=O)O)o1. The molecule has 0 saturated heterocycles. The van der Waals surface area contributed by atoms with E-state index in [9.17, 15) is 14.0 Å². The number of benzene rings is 1. The number of aromatic carboxylic acids is 1. The fraction of sp³-hybridized carbons (Fsp3) is 0.0769. The van der Waals surface area contributed by atoms with Crippen LogP contribution in [-0.2, 0) is 6.54 Å². The minimum Gasteiger partial charge on any atom is -0.478 e. The fourth-order valence-corrected chi connectivity index (χ4v) is 1.64. The molecule has 0 bridgehead atoms. The number of halogens is 1. The Labute approximate surface area is 113 Å². The Hall–Kier alpha value is -2.67. The first kappa shape index (κ1) is 13.8. The summed E-state index contributed by atoms with van der Waals surface area (Å²) in [4.78, 5) is 22.8. The van der Waals surface area contributed by atoms with Gasteiger partial charge >= 0.3 is 5.97 Å². The van der Waals surface area contributed by atoms with E-state index in [2.05, 4.69) is 5.32 Å². The first-order valence-corrected chi connectivity index (χ1v) is 5.65. The first-order valence-electron chi connectivity index (χ1n) is 5.65. The minimum atomic E-state index is -1.47. The van der Waals surface area contributed by atoms with Crippen molar-refractivity contribution < 1.29 is 23.5 Å². The van der Waals surface area contributed by atoms with Gasteiger partial charge in [0.1, 0.15) is 17.1 Å². The molecule has 0 saturated carbocycles. The Morgan fingerprint density at radius 2 is 2.05 bits per heavy atom. The highest BCUT2D eigenvalue weighted by Crippen LogP contribution is 2.20. The molecule has 7 heteroatoms. The molecule has 0 aliphatic heterocycles. The summed E-state index contributed by atoms with van der Waals surface area (Å²) in [6, 6.07) is 6.51. The van der Waals surface area contributed by atoms with E-state index in [1.165, 1.54) is 24.3 Å². The molecule has 0 unspecified atom stereocenters. The van der Waals surface area contributed by atoms with Gasteiger partial charge in [-0.15, -0.1) is 0 Å².